The fraction of sp³-hybridized carbons (Fsp3) is 0.429. The molecular weight excluding hydrogens is 338 g/mol. The van der Waals surface area contributed by atoms with Crippen molar-refractivity contribution in [2.45, 2.75) is 13.0 Å². The molecule has 3 aromatic rings. The highest BCUT2D eigenvalue weighted by atomic mass is 16.5. The number of nitrogens with zero attached hydrogens (tertiary/aromatic N) is 5. The molecule has 0 N–H and O–H groups in total. The van der Waals surface area contributed by atoms with E-state index in [1.165, 1.54) is 6.42 Å². The van der Waals surface area contributed by atoms with E-state index >= 15 is 0 Å². The molecule has 1 aliphatic rings. The average Bonchev–Trinajstić information content (AvgIpc) is 3.41. The summed E-state index contributed by atoms with van der Waals surface area (Å²) in [5.74, 6) is 1.58. The van der Waals surface area contributed by atoms with E-state index in [2.05, 4.69) is 43.3 Å². The number of likely N-dealkylation sites (tertiary alicyclic amines) is 1. The van der Waals surface area contributed by atoms with Gasteiger partial charge in [0, 0.05) is 51.7 Å². The van der Waals surface area contributed by atoms with E-state index in [0.717, 1.165) is 55.6 Å². The van der Waals surface area contributed by atoms with E-state index < -0.39 is 0 Å². The monoisotopic (exact) mass is 365 g/mol. The fourth-order valence-corrected chi connectivity index (χ4v) is 3.92. The van der Waals surface area contributed by atoms with Crippen LogP contribution in [-0.4, -0.2) is 57.4 Å². The lowest BCUT2D eigenvalue weighted by Gasteiger charge is -2.17. The molecule has 4 rings (SSSR count). The molecule has 1 aromatic carbocycles. The molecular formula is C21H27N5O. The van der Waals surface area contributed by atoms with Gasteiger partial charge in [-0.3, -0.25) is 0 Å². The lowest BCUT2D eigenvalue weighted by molar-refractivity contribution is 0.158. The van der Waals surface area contributed by atoms with Crippen LogP contribution in [0.2, 0.25) is 0 Å². The number of benzene rings is 1. The summed E-state index contributed by atoms with van der Waals surface area (Å²) in [6.07, 6.45) is 7.03. The SMILES string of the molecule is COCCN1CC[C@@H](Cn2cnc(-c3ccccc3)c2-c2nccn2C)C1. The van der Waals surface area contributed by atoms with E-state index in [0.29, 0.717) is 5.92 Å². The summed E-state index contributed by atoms with van der Waals surface area (Å²) in [5.41, 5.74) is 3.23. The first-order chi connectivity index (χ1) is 13.3. The van der Waals surface area contributed by atoms with Crippen LogP contribution in [-0.2, 0) is 18.3 Å². The third kappa shape index (κ3) is 3.82. The Labute approximate surface area is 160 Å². The Kier molecular flexibility index (Phi) is 5.36. The first kappa shape index (κ1) is 17.9. The molecule has 1 saturated heterocycles. The van der Waals surface area contributed by atoms with E-state index in [4.69, 9.17) is 9.72 Å². The number of rotatable bonds is 7. The molecule has 27 heavy (non-hydrogen) atoms. The molecule has 0 amide bonds. The maximum Gasteiger partial charge on any atom is 0.158 e. The average molecular weight is 365 g/mol. The highest BCUT2D eigenvalue weighted by Gasteiger charge is 2.25. The van der Waals surface area contributed by atoms with E-state index in [1.807, 2.05) is 31.8 Å². The van der Waals surface area contributed by atoms with Crippen molar-refractivity contribution in [1.82, 2.24) is 24.0 Å². The normalized spacial score (nSPS) is 17.6. The molecule has 0 aliphatic carbocycles. The Morgan fingerprint density at radius 3 is 2.78 bits per heavy atom. The van der Waals surface area contributed by atoms with Gasteiger partial charge in [0.15, 0.2) is 5.82 Å². The zero-order valence-corrected chi connectivity index (χ0v) is 16.1. The second-order valence-corrected chi connectivity index (χ2v) is 7.27. The third-order valence-corrected chi connectivity index (χ3v) is 5.35. The van der Waals surface area contributed by atoms with Crippen LogP contribution in [0.25, 0.3) is 22.8 Å². The number of aromatic nitrogens is 4. The molecule has 1 atom stereocenters. The minimum Gasteiger partial charge on any atom is -0.383 e. The van der Waals surface area contributed by atoms with Gasteiger partial charge in [0.05, 0.1) is 18.6 Å². The van der Waals surface area contributed by atoms with Gasteiger partial charge in [0.1, 0.15) is 5.69 Å². The zero-order chi connectivity index (χ0) is 18.6. The van der Waals surface area contributed by atoms with Crippen LogP contribution < -0.4 is 0 Å². The fourth-order valence-electron chi connectivity index (χ4n) is 3.92. The Morgan fingerprint density at radius 2 is 2.04 bits per heavy atom. The summed E-state index contributed by atoms with van der Waals surface area (Å²) in [5, 5.41) is 0. The molecule has 2 aromatic heterocycles. The van der Waals surface area contributed by atoms with Crippen molar-refractivity contribution in [3.8, 4) is 22.8 Å². The molecule has 0 saturated carbocycles. The van der Waals surface area contributed by atoms with Gasteiger partial charge in [-0.15, -0.1) is 0 Å². The minimum atomic E-state index is 0.624. The number of hydrogen-bond donors (Lipinski definition) is 0. The van der Waals surface area contributed by atoms with Crippen molar-refractivity contribution in [3.05, 3.63) is 49.1 Å². The number of ether oxygens (including phenoxy) is 1. The van der Waals surface area contributed by atoms with Crippen molar-refractivity contribution in [3.63, 3.8) is 0 Å². The van der Waals surface area contributed by atoms with Gasteiger partial charge in [0.25, 0.3) is 0 Å². The minimum absolute atomic E-state index is 0.624. The highest BCUT2D eigenvalue weighted by molar-refractivity contribution is 5.75. The molecule has 0 spiro atoms. The van der Waals surface area contributed by atoms with Gasteiger partial charge in [0.2, 0.25) is 0 Å². The number of aryl methyl sites for hydroxylation is 1. The highest BCUT2D eigenvalue weighted by Crippen LogP contribution is 2.31. The second-order valence-electron chi connectivity index (χ2n) is 7.27. The van der Waals surface area contributed by atoms with E-state index in [9.17, 15) is 0 Å². The molecule has 0 radical (unpaired) electrons. The topological polar surface area (TPSA) is 48.1 Å². The number of methoxy groups -OCH3 is 1. The maximum atomic E-state index is 5.22. The lowest BCUT2D eigenvalue weighted by atomic mass is 10.1. The summed E-state index contributed by atoms with van der Waals surface area (Å²) in [6, 6.07) is 10.4. The third-order valence-electron chi connectivity index (χ3n) is 5.35. The molecule has 3 heterocycles. The Balaban J connectivity index is 1.62. The van der Waals surface area contributed by atoms with Crippen LogP contribution in [0.15, 0.2) is 49.1 Å². The largest absolute Gasteiger partial charge is 0.383 e. The molecule has 6 nitrogen and oxygen atoms in total. The molecule has 0 bridgehead atoms. The number of hydrogen-bond acceptors (Lipinski definition) is 4. The maximum absolute atomic E-state index is 5.22. The van der Waals surface area contributed by atoms with Gasteiger partial charge in [-0.1, -0.05) is 30.3 Å². The predicted octanol–water partition coefficient (Wildman–Crippen LogP) is 2.92. The van der Waals surface area contributed by atoms with Crippen molar-refractivity contribution < 1.29 is 4.74 Å². The van der Waals surface area contributed by atoms with Crippen molar-refractivity contribution in [1.29, 1.82) is 0 Å². The standard InChI is InChI=1S/C21H27N5O/c1-24-11-9-22-21(24)20-19(18-6-4-3-5-7-18)23-16-26(20)15-17-8-10-25(14-17)12-13-27-2/h3-7,9,11,16-17H,8,10,12-15H2,1-2H3/t17-/m1/s1. The molecule has 142 valence electrons. The molecule has 1 aliphatic heterocycles. The summed E-state index contributed by atoms with van der Waals surface area (Å²) in [7, 11) is 3.81. The van der Waals surface area contributed by atoms with Crippen LogP contribution in [0.5, 0.6) is 0 Å². The summed E-state index contributed by atoms with van der Waals surface area (Å²) in [6.45, 7) is 5.03. The van der Waals surface area contributed by atoms with Gasteiger partial charge >= 0.3 is 0 Å². The van der Waals surface area contributed by atoms with Crippen molar-refractivity contribution >= 4 is 0 Å². The van der Waals surface area contributed by atoms with Crippen LogP contribution in [0.1, 0.15) is 6.42 Å². The lowest BCUT2D eigenvalue weighted by Crippen LogP contribution is -2.25. The van der Waals surface area contributed by atoms with Gasteiger partial charge < -0.3 is 18.8 Å². The van der Waals surface area contributed by atoms with E-state index in [-0.39, 0.29) is 0 Å². The van der Waals surface area contributed by atoms with Crippen LogP contribution >= 0.6 is 0 Å². The molecule has 0 unspecified atom stereocenters. The van der Waals surface area contributed by atoms with Gasteiger partial charge in [-0.25, -0.2) is 9.97 Å². The van der Waals surface area contributed by atoms with Crippen LogP contribution in [0.3, 0.4) is 0 Å². The van der Waals surface area contributed by atoms with Gasteiger partial charge in [-0.2, -0.15) is 0 Å². The summed E-state index contributed by atoms with van der Waals surface area (Å²) < 4.78 is 9.58. The Morgan fingerprint density at radius 1 is 1.19 bits per heavy atom. The summed E-state index contributed by atoms with van der Waals surface area (Å²) in [4.78, 5) is 11.9. The molecule has 6 heteroatoms. The zero-order valence-electron chi connectivity index (χ0n) is 16.1. The summed E-state index contributed by atoms with van der Waals surface area (Å²) >= 11 is 0. The second kappa shape index (κ2) is 8.06. The van der Waals surface area contributed by atoms with Crippen molar-refractivity contribution in [2.24, 2.45) is 13.0 Å². The van der Waals surface area contributed by atoms with Crippen molar-refractivity contribution in [2.75, 3.05) is 33.4 Å². The van der Waals surface area contributed by atoms with E-state index in [1.54, 1.807) is 7.11 Å². The first-order valence-corrected chi connectivity index (χ1v) is 9.56. The van der Waals surface area contributed by atoms with Crippen LogP contribution in [0.4, 0.5) is 0 Å². The predicted molar refractivity (Wildman–Crippen MR) is 106 cm³/mol. The van der Waals surface area contributed by atoms with Crippen LogP contribution in [0, 0.1) is 5.92 Å². The number of imidazole rings is 2. The Bertz CT molecular complexity index is 870. The molecule has 1 fully saturated rings. The smallest absolute Gasteiger partial charge is 0.158 e. The first-order valence-electron chi connectivity index (χ1n) is 9.56. The quantitative estimate of drug-likeness (QED) is 0.646. The van der Waals surface area contributed by atoms with Gasteiger partial charge in [-0.05, 0) is 18.9 Å². The Hall–Kier alpha value is -2.44.